The number of carbonyl (C=O) groups excluding carboxylic acids is 2. The fourth-order valence-electron chi connectivity index (χ4n) is 4.92. The maximum absolute atomic E-state index is 13.5. The van der Waals surface area contributed by atoms with Crippen molar-refractivity contribution in [2.24, 2.45) is 5.41 Å². The highest BCUT2D eigenvalue weighted by Crippen LogP contribution is 2.36. The third kappa shape index (κ3) is 7.08. The first-order valence-corrected chi connectivity index (χ1v) is 13.7. The Morgan fingerprint density at radius 2 is 1.92 bits per heavy atom. The molecule has 1 aromatic heterocycles. The van der Waals surface area contributed by atoms with Crippen LogP contribution in [0.5, 0.6) is 5.75 Å². The molecule has 2 heterocycles. The van der Waals surface area contributed by atoms with E-state index < -0.39 is 5.41 Å². The fraction of sp³-hybridized carbons (Fsp3) is 0.414. The van der Waals surface area contributed by atoms with E-state index in [0.717, 1.165) is 24.8 Å². The van der Waals surface area contributed by atoms with E-state index in [-0.39, 0.29) is 30.5 Å². The first-order chi connectivity index (χ1) is 18.3. The van der Waals surface area contributed by atoms with Gasteiger partial charge in [-0.15, -0.1) is 0 Å². The zero-order chi connectivity index (χ0) is 27.1. The van der Waals surface area contributed by atoms with Gasteiger partial charge in [-0.25, -0.2) is 0 Å². The standard InChI is InChI=1S/C29H34Cl2N4O3/c1-3-14-35-19-25(31)27(32-35)28(37)34-15-8-13-29(20-34,21-38-24-12-7-11-23(30)16-24)17-26(36)33(2)18-22-9-5-4-6-10-22/h4-7,9-12,16,19H,3,8,13-15,17-18,20-21H2,1-2H3. The summed E-state index contributed by atoms with van der Waals surface area (Å²) in [4.78, 5) is 30.5. The second kappa shape index (κ2) is 12.7. The molecule has 1 fully saturated rings. The summed E-state index contributed by atoms with van der Waals surface area (Å²) in [6.45, 7) is 4.46. The molecule has 1 atom stereocenters. The minimum atomic E-state index is -0.573. The fourth-order valence-corrected chi connectivity index (χ4v) is 5.34. The van der Waals surface area contributed by atoms with Crippen LogP contribution in [0.15, 0.2) is 60.8 Å². The van der Waals surface area contributed by atoms with Crippen LogP contribution in [0.2, 0.25) is 10.0 Å². The highest BCUT2D eigenvalue weighted by Gasteiger charge is 2.41. The molecule has 0 bridgehead atoms. The van der Waals surface area contributed by atoms with Crippen molar-refractivity contribution < 1.29 is 14.3 Å². The van der Waals surface area contributed by atoms with E-state index in [4.69, 9.17) is 27.9 Å². The monoisotopic (exact) mass is 556 g/mol. The number of aryl methyl sites for hydroxylation is 1. The topological polar surface area (TPSA) is 67.7 Å². The maximum Gasteiger partial charge on any atom is 0.275 e. The summed E-state index contributed by atoms with van der Waals surface area (Å²) in [7, 11) is 1.81. The zero-order valence-electron chi connectivity index (χ0n) is 21.9. The molecule has 0 saturated carbocycles. The third-order valence-electron chi connectivity index (χ3n) is 6.88. The average Bonchev–Trinajstić information content (AvgIpc) is 3.28. The van der Waals surface area contributed by atoms with Crippen molar-refractivity contribution in [2.75, 3.05) is 26.7 Å². The van der Waals surface area contributed by atoms with Crippen molar-refractivity contribution in [3.63, 3.8) is 0 Å². The Morgan fingerprint density at radius 3 is 2.66 bits per heavy atom. The summed E-state index contributed by atoms with van der Waals surface area (Å²) in [6.07, 6.45) is 4.32. The number of amides is 2. The molecule has 0 aliphatic carbocycles. The highest BCUT2D eigenvalue weighted by atomic mass is 35.5. The molecule has 3 aromatic rings. The van der Waals surface area contributed by atoms with Crippen LogP contribution in [-0.4, -0.2) is 58.1 Å². The average molecular weight is 558 g/mol. The molecule has 0 N–H and O–H groups in total. The smallest absolute Gasteiger partial charge is 0.275 e. The van der Waals surface area contributed by atoms with Gasteiger partial charge in [0.1, 0.15) is 5.75 Å². The number of benzene rings is 2. The summed E-state index contributed by atoms with van der Waals surface area (Å²) in [5.74, 6) is 0.414. The van der Waals surface area contributed by atoms with E-state index in [2.05, 4.69) is 5.10 Å². The number of likely N-dealkylation sites (tertiary alicyclic amines) is 1. The predicted octanol–water partition coefficient (Wildman–Crippen LogP) is 5.95. The molecule has 202 valence electrons. The van der Waals surface area contributed by atoms with Crippen LogP contribution in [-0.2, 0) is 17.9 Å². The van der Waals surface area contributed by atoms with E-state index in [9.17, 15) is 9.59 Å². The van der Waals surface area contributed by atoms with E-state index in [1.807, 2.05) is 56.4 Å². The van der Waals surface area contributed by atoms with E-state index >= 15 is 0 Å². The molecule has 2 aromatic carbocycles. The van der Waals surface area contributed by atoms with Crippen molar-refractivity contribution >= 4 is 35.0 Å². The quantitative estimate of drug-likeness (QED) is 0.309. The minimum absolute atomic E-state index is 0.00287. The summed E-state index contributed by atoms with van der Waals surface area (Å²) in [5, 5.41) is 5.35. The lowest BCUT2D eigenvalue weighted by atomic mass is 9.77. The van der Waals surface area contributed by atoms with Crippen molar-refractivity contribution in [3.8, 4) is 5.75 Å². The maximum atomic E-state index is 13.5. The van der Waals surface area contributed by atoms with Gasteiger partial charge in [0.2, 0.25) is 5.91 Å². The Kier molecular flexibility index (Phi) is 9.34. The van der Waals surface area contributed by atoms with Crippen LogP contribution in [0, 0.1) is 5.41 Å². The van der Waals surface area contributed by atoms with E-state index in [1.165, 1.54) is 0 Å². The molecule has 0 spiro atoms. The van der Waals surface area contributed by atoms with Crippen LogP contribution < -0.4 is 4.74 Å². The molecule has 4 rings (SSSR count). The number of nitrogens with zero attached hydrogens (tertiary/aromatic N) is 4. The molecule has 1 saturated heterocycles. The lowest BCUT2D eigenvalue weighted by Gasteiger charge is -2.42. The van der Waals surface area contributed by atoms with Crippen molar-refractivity contribution in [2.45, 2.75) is 45.7 Å². The van der Waals surface area contributed by atoms with Gasteiger partial charge in [0.05, 0.1) is 11.6 Å². The van der Waals surface area contributed by atoms with Gasteiger partial charge in [-0.3, -0.25) is 14.3 Å². The normalized spacial score (nSPS) is 17.3. The SMILES string of the molecule is CCCn1cc(Cl)c(C(=O)N2CCCC(COc3cccc(Cl)c3)(CC(=O)N(C)Cc3ccccc3)C2)n1. The third-order valence-corrected chi connectivity index (χ3v) is 7.39. The van der Waals surface area contributed by atoms with E-state index in [0.29, 0.717) is 42.0 Å². The van der Waals surface area contributed by atoms with Crippen LogP contribution in [0.4, 0.5) is 0 Å². The van der Waals surface area contributed by atoms with Crippen molar-refractivity contribution in [1.29, 1.82) is 0 Å². The number of aromatic nitrogens is 2. The molecule has 0 radical (unpaired) electrons. The van der Waals surface area contributed by atoms with Gasteiger partial charge >= 0.3 is 0 Å². The number of hydrogen-bond acceptors (Lipinski definition) is 4. The molecule has 38 heavy (non-hydrogen) atoms. The summed E-state index contributed by atoms with van der Waals surface area (Å²) < 4.78 is 7.89. The lowest BCUT2D eigenvalue weighted by molar-refractivity contribution is -0.134. The largest absolute Gasteiger partial charge is 0.493 e. The van der Waals surface area contributed by atoms with Gasteiger partial charge < -0.3 is 14.5 Å². The molecule has 1 aliphatic heterocycles. The van der Waals surface area contributed by atoms with E-state index in [1.54, 1.807) is 32.8 Å². The highest BCUT2D eigenvalue weighted by molar-refractivity contribution is 6.33. The Balaban J connectivity index is 1.54. The van der Waals surface area contributed by atoms with Gasteiger partial charge in [-0.2, -0.15) is 5.10 Å². The molecular formula is C29H34Cl2N4O3. The number of rotatable bonds is 10. The van der Waals surface area contributed by atoms with Crippen LogP contribution in [0.1, 0.15) is 48.7 Å². The number of piperidine rings is 1. The van der Waals surface area contributed by atoms with Gasteiger partial charge in [-0.05, 0) is 43.0 Å². The van der Waals surface area contributed by atoms with Gasteiger partial charge in [0.15, 0.2) is 5.69 Å². The van der Waals surface area contributed by atoms with Gasteiger partial charge in [0, 0.05) is 56.3 Å². The second-order valence-electron chi connectivity index (χ2n) is 10.1. The second-order valence-corrected chi connectivity index (χ2v) is 10.9. The summed E-state index contributed by atoms with van der Waals surface area (Å²) >= 11 is 12.6. The molecular weight excluding hydrogens is 523 g/mol. The van der Waals surface area contributed by atoms with Crippen molar-refractivity contribution in [1.82, 2.24) is 19.6 Å². The first-order valence-electron chi connectivity index (χ1n) is 13.0. The Labute approximate surface area is 234 Å². The van der Waals surface area contributed by atoms with Crippen molar-refractivity contribution in [3.05, 3.63) is 82.1 Å². The summed E-state index contributed by atoms with van der Waals surface area (Å²) in [6, 6.07) is 17.1. The molecule has 9 heteroatoms. The number of halogens is 2. The van der Waals surface area contributed by atoms with Gasteiger partial charge in [0.25, 0.3) is 5.91 Å². The number of carbonyl (C=O) groups is 2. The van der Waals surface area contributed by atoms with Crippen LogP contribution in [0.25, 0.3) is 0 Å². The van der Waals surface area contributed by atoms with Crippen LogP contribution >= 0.6 is 23.2 Å². The predicted molar refractivity (Wildman–Crippen MR) is 150 cm³/mol. The molecule has 2 amide bonds. The Bertz CT molecular complexity index is 1250. The number of hydrogen-bond donors (Lipinski definition) is 0. The Hall–Kier alpha value is -3.03. The molecule has 7 nitrogen and oxygen atoms in total. The molecule has 1 aliphatic rings. The zero-order valence-corrected chi connectivity index (χ0v) is 23.4. The summed E-state index contributed by atoms with van der Waals surface area (Å²) in [5.41, 5.74) is 0.737. The Morgan fingerprint density at radius 1 is 1.13 bits per heavy atom. The van der Waals surface area contributed by atoms with Gasteiger partial charge in [-0.1, -0.05) is 66.5 Å². The number of ether oxygens (including phenoxy) is 1. The minimum Gasteiger partial charge on any atom is -0.493 e. The first kappa shape index (κ1) is 28.0. The lowest BCUT2D eigenvalue weighted by Crippen LogP contribution is -2.50. The van der Waals surface area contributed by atoms with Crippen LogP contribution in [0.3, 0.4) is 0 Å². The molecule has 1 unspecified atom stereocenters.